The van der Waals surface area contributed by atoms with Crippen LogP contribution < -0.4 is 10.6 Å². The van der Waals surface area contributed by atoms with E-state index in [1.54, 1.807) is 18.2 Å². The molecular weight excluding hydrogens is 236 g/mol. The molecule has 0 bridgehead atoms. The van der Waals surface area contributed by atoms with Crippen molar-refractivity contribution in [2.45, 2.75) is 13.8 Å². The summed E-state index contributed by atoms with van der Waals surface area (Å²) in [5.41, 5.74) is 1.97. The fourth-order valence-electron chi connectivity index (χ4n) is 1.32. The molecule has 3 N–H and O–H groups in total. The van der Waals surface area contributed by atoms with Gasteiger partial charge in [0.25, 0.3) is 0 Å². The van der Waals surface area contributed by atoms with Crippen LogP contribution in [0.3, 0.4) is 0 Å². The largest absolute Gasteiger partial charge is 0.447 e. The molecule has 0 heterocycles. The molecule has 0 fully saturated rings. The first-order valence-electron chi connectivity index (χ1n) is 5.46. The number of aliphatic hydroxyl groups excluding tert-OH is 1. The maximum absolute atomic E-state index is 11.3. The summed E-state index contributed by atoms with van der Waals surface area (Å²) >= 11 is 0. The van der Waals surface area contributed by atoms with Gasteiger partial charge in [0, 0.05) is 18.3 Å². The number of hydrogen-bond donors (Lipinski definition) is 3. The van der Waals surface area contributed by atoms with Crippen molar-refractivity contribution in [3.05, 3.63) is 23.8 Å². The zero-order valence-corrected chi connectivity index (χ0v) is 10.3. The lowest BCUT2D eigenvalue weighted by Crippen LogP contribution is -2.16. The van der Waals surface area contributed by atoms with Crippen LogP contribution in [0.1, 0.15) is 12.5 Å². The molecule has 18 heavy (non-hydrogen) atoms. The first-order valence-corrected chi connectivity index (χ1v) is 5.46. The van der Waals surface area contributed by atoms with Crippen LogP contribution in [0.25, 0.3) is 0 Å². The normalized spacial score (nSPS) is 9.72. The number of ether oxygens (including phenoxy) is 1. The number of rotatable bonds is 4. The van der Waals surface area contributed by atoms with Gasteiger partial charge in [0.15, 0.2) is 0 Å². The van der Waals surface area contributed by atoms with Crippen molar-refractivity contribution in [1.82, 2.24) is 0 Å². The van der Waals surface area contributed by atoms with Crippen molar-refractivity contribution in [3.63, 3.8) is 0 Å². The molecule has 0 aliphatic rings. The molecular formula is C12H16N2O4. The summed E-state index contributed by atoms with van der Waals surface area (Å²) in [6, 6.07) is 5.14. The molecule has 2 amide bonds. The summed E-state index contributed by atoms with van der Waals surface area (Å²) in [6.07, 6.45) is -0.646. The average Bonchev–Trinajstić information content (AvgIpc) is 2.30. The summed E-state index contributed by atoms with van der Waals surface area (Å²) in [4.78, 5) is 22.2. The summed E-state index contributed by atoms with van der Waals surface area (Å²) < 4.78 is 4.68. The van der Waals surface area contributed by atoms with Crippen LogP contribution in [0.2, 0.25) is 0 Å². The topological polar surface area (TPSA) is 87.7 Å². The Morgan fingerprint density at radius 2 is 2.06 bits per heavy atom. The van der Waals surface area contributed by atoms with Crippen LogP contribution in [-0.2, 0) is 9.53 Å². The molecule has 6 heteroatoms. The monoisotopic (exact) mass is 252 g/mol. The average molecular weight is 252 g/mol. The Morgan fingerprint density at radius 1 is 1.33 bits per heavy atom. The Bertz CT molecular complexity index is 446. The van der Waals surface area contributed by atoms with E-state index in [1.807, 2.05) is 6.92 Å². The third kappa shape index (κ3) is 4.42. The number of hydrogen-bond acceptors (Lipinski definition) is 4. The van der Waals surface area contributed by atoms with Gasteiger partial charge >= 0.3 is 6.09 Å². The molecule has 98 valence electrons. The van der Waals surface area contributed by atoms with Crippen molar-refractivity contribution >= 4 is 23.4 Å². The molecule has 0 unspecified atom stereocenters. The highest BCUT2D eigenvalue weighted by Gasteiger charge is 2.06. The Kier molecular flexibility index (Phi) is 5.13. The van der Waals surface area contributed by atoms with Crippen LogP contribution in [-0.4, -0.2) is 30.3 Å². The molecule has 0 aliphatic heterocycles. The highest BCUT2D eigenvalue weighted by molar-refractivity contribution is 5.91. The summed E-state index contributed by atoms with van der Waals surface area (Å²) in [5, 5.41) is 13.7. The fourth-order valence-corrected chi connectivity index (χ4v) is 1.32. The first kappa shape index (κ1) is 14.0. The standard InChI is InChI=1S/C12H16N2O4/c1-8-3-4-10(13-9(2)16)7-11(8)14-12(17)18-6-5-15/h3-4,7,15H,5-6H2,1-2H3,(H,13,16)(H,14,17). The molecule has 0 atom stereocenters. The van der Waals surface area contributed by atoms with Crippen molar-refractivity contribution in [2.24, 2.45) is 0 Å². The number of amides is 2. The Balaban J connectivity index is 2.74. The van der Waals surface area contributed by atoms with Crippen molar-refractivity contribution in [2.75, 3.05) is 23.8 Å². The van der Waals surface area contributed by atoms with Gasteiger partial charge in [0.05, 0.1) is 6.61 Å². The van der Waals surface area contributed by atoms with Gasteiger partial charge in [-0.05, 0) is 24.6 Å². The summed E-state index contributed by atoms with van der Waals surface area (Å²) in [5.74, 6) is -0.187. The molecule has 0 saturated carbocycles. The number of carbonyl (C=O) groups is 2. The van der Waals surface area contributed by atoms with Crippen LogP contribution >= 0.6 is 0 Å². The Morgan fingerprint density at radius 3 is 2.67 bits per heavy atom. The van der Waals surface area contributed by atoms with Gasteiger partial charge in [0.2, 0.25) is 5.91 Å². The van der Waals surface area contributed by atoms with Gasteiger partial charge in [-0.2, -0.15) is 0 Å². The second kappa shape index (κ2) is 6.61. The highest BCUT2D eigenvalue weighted by atomic mass is 16.6. The number of nitrogens with one attached hydrogen (secondary N) is 2. The predicted molar refractivity (Wildman–Crippen MR) is 67.5 cm³/mol. The molecule has 0 aliphatic carbocycles. The lowest BCUT2D eigenvalue weighted by atomic mass is 10.2. The van der Waals surface area contributed by atoms with E-state index < -0.39 is 6.09 Å². The van der Waals surface area contributed by atoms with Crippen molar-refractivity contribution in [3.8, 4) is 0 Å². The second-order valence-electron chi connectivity index (χ2n) is 3.70. The third-order valence-corrected chi connectivity index (χ3v) is 2.12. The van der Waals surface area contributed by atoms with E-state index in [0.717, 1.165) is 5.56 Å². The van der Waals surface area contributed by atoms with Crippen LogP contribution in [0, 0.1) is 6.92 Å². The lowest BCUT2D eigenvalue weighted by Gasteiger charge is -2.10. The zero-order chi connectivity index (χ0) is 13.5. The smallest absolute Gasteiger partial charge is 0.411 e. The van der Waals surface area contributed by atoms with E-state index in [9.17, 15) is 9.59 Å². The summed E-state index contributed by atoms with van der Waals surface area (Å²) in [6.45, 7) is 2.94. The van der Waals surface area contributed by atoms with Gasteiger partial charge in [-0.25, -0.2) is 4.79 Å². The molecule has 1 aromatic carbocycles. The molecule has 0 radical (unpaired) electrons. The molecule has 1 rings (SSSR count). The van der Waals surface area contributed by atoms with Gasteiger partial charge in [-0.3, -0.25) is 10.1 Å². The van der Waals surface area contributed by atoms with E-state index in [0.29, 0.717) is 11.4 Å². The van der Waals surface area contributed by atoms with E-state index in [-0.39, 0.29) is 19.1 Å². The van der Waals surface area contributed by atoms with Gasteiger partial charge in [-0.15, -0.1) is 0 Å². The summed E-state index contributed by atoms with van der Waals surface area (Å²) in [7, 11) is 0. The van der Waals surface area contributed by atoms with Crippen molar-refractivity contribution in [1.29, 1.82) is 0 Å². The van der Waals surface area contributed by atoms with E-state index in [4.69, 9.17) is 5.11 Å². The number of aryl methyl sites for hydroxylation is 1. The Hall–Kier alpha value is -2.08. The predicted octanol–water partition coefficient (Wildman–Crippen LogP) is 1.49. The first-order chi connectivity index (χ1) is 8.52. The Labute approximate surface area is 105 Å². The van der Waals surface area contributed by atoms with Crippen LogP contribution in [0.5, 0.6) is 0 Å². The minimum Gasteiger partial charge on any atom is -0.447 e. The van der Waals surface area contributed by atoms with Crippen molar-refractivity contribution < 1.29 is 19.4 Å². The minimum atomic E-state index is -0.646. The number of benzene rings is 1. The maximum Gasteiger partial charge on any atom is 0.411 e. The lowest BCUT2D eigenvalue weighted by molar-refractivity contribution is -0.114. The van der Waals surface area contributed by atoms with E-state index in [1.165, 1.54) is 6.92 Å². The second-order valence-corrected chi connectivity index (χ2v) is 3.70. The number of anilines is 2. The van der Waals surface area contributed by atoms with E-state index >= 15 is 0 Å². The fraction of sp³-hybridized carbons (Fsp3) is 0.333. The van der Waals surface area contributed by atoms with Gasteiger partial charge < -0.3 is 15.2 Å². The third-order valence-electron chi connectivity index (χ3n) is 2.12. The highest BCUT2D eigenvalue weighted by Crippen LogP contribution is 2.20. The molecule has 0 saturated heterocycles. The number of aliphatic hydroxyl groups is 1. The minimum absolute atomic E-state index is 0.0593. The van der Waals surface area contributed by atoms with Crippen LogP contribution in [0.4, 0.5) is 16.2 Å². The van der Waals surface area contributed by atoms with E-state index in [2.05, 4.69) is 15.4 Å². The number of carbonyl (C=O) groups excluding carboxylic acids is 2. The molecule has 1 aromatic rings. The van der Waals surface area contributed by atoms with Gasteiger partial charge in [-0.1, -0.05) is 6.07 Å². The van der Waals surface area contributed by atoms with Gasteiger partial charge in [0.1, 0.15) is 6.61 Å². The SMILES string of the molecule is CC(=O)Nc1ccc(C)c(NC(=O)OCCO)c1. The molecule has 0 spiro atoms. The quantitative estimate of drug-likeness (QED) is 0.757. The zero-order valence-electron chi connectivity index (χ0n) is 10.3. The molecule has 6 nitrogen and oxygen atoms in total. The molecule has 0 aromatic heterocycles. The maximum atomic E-state index is 11.3. The van der Waals surface area contributed by atoms with Crippen LogP contribution in [0.15, 0.2) is 18.2 Å².